The SMILES string of the molecule is CC[C@@H](C(=O)NC(C)C)N(Cc1ccccc1)C(=O)COc1ccccc1C(C)C. The number of nitrogens with one attached hydrogen (secondary N) is 1. The van der Waals surface area contributed by atoms with Crippen LogP contribution in [0, 0.1) is 0 Å². The van der Waals surface area contributed by atoms with E-state index in [1.54, 1.807) is 4.90 Å². The molecule has 0 fully saturated rings. The highest BCUT2D eigenvalue weighted by Gasteiger charge is 2.29. The Bertz CT molecular complexity index is 818. The molecule has 0 aliphatic heterocycles. The van der Waals surface area contributed by atoms with Crippen LogP contribution >= 0.6 is 0 Å². The van der Waals surface area contributed by atoms with Crippen LogP contribution in [0.1, 0.15) is 58.1 Å². The van der Waals surface area contributed by atoms with Crippen LogP contribution in [0.5, 0.6) is 5.75 Å². The minimum absolute atomic E-state index is 0.00870. The predicted octanol–water partition coefficient (Wildman–Crippen LogP) is 4.52. The fraction of sp³-hybridized carbons (Fsp3) is 0.440. The molecule has 162 valence electrons. The van der Waals surface area contributed by atoms with E-state index in [-0.39, 0.29) is 30.4 Å². The molecule has 2 aromatic carbocycles. The monoisotopic (exact) mass is 410 g/mol. The number of hydrogen-bond donors (Lipinski definition) is 1. The number of carbonyl (C=O) groups excluding carboxylic acids is 2. The first-order valence-corrected chi connectivity index (χ1v) is 10.7. The summed E-state index contributed by atoms with van der Waals surface area (Å²) >= 11 is 0. The summed E-state index contributed by atoms with van der Waals surface area (Å²) in [5, 5.41) is 2.94. The summed E-state index contributed by atoms with van der Waals surface area (Å²) in [6.45, 7) is 10.2. The van der Waals surface area contributed by atoms with Gasteiger partial charge in [0.15, 0.2) is 6.61 Å². The molecule has 5 nitrogen and oxygen atoms in total. The molecule has 2 rings (SSSR count). The van der Waals surface area contributed by atoms with Gasteiger partial charge in [0, 0.05) is 12.6 Å². The van der Waals surface area contributed by atoms with E-state index < -0.39 is 6.04 Å². The molecule has 5 heteroatoms. The van der Waals surface area contributed by atoms with Gasteiger partial charge in [-0.1, -0.05) is 69.3 Å². The van der Waals surface area contributed by atoms with Crippen molar-refractivity contribution in [3.8, 4) is 5.75 Å². The lowest BCUT2D eigenvalue weighted by Gasteiger charge is -2.31. The average Bonchev–Trinajstić information content (AvgIpc) is 2.72. The van der Waals surface area contributed by atoms with Crippen LogP contribution in [-0.4, -0.2) is 35.4 Å². The van der Waals surface area contributed by atoms with Crippen molar-refractivity contribution >= 4 is 11.8 Å². The highest BCUT2D eigenvalue weighted by atomic mass is 16.5. The molecule has 2 amide bonds. The van der Waals surface area contributed by atoms with Crippen molar-refractivity contribution in [1.82, 2.24) is 10.2 Å². The summed E-state index contributed by atoms with van der Waals surface area (Å²) in [5.74, 6) is 0.652. The number of benzene rings is 2. The quantitative estimate of drug-likeness (QED) is 0.626. The standard InChI is InChI=1S/C25H34N2O3/c1-6-22(25(29)26-19(4)5)27(16-20-12-8-7-9-13-20)24(28)17-30-23-15-11-10-14-21(23)18(2)3/h7-15,18-19,22H,6,16-17H2,1-5H3,(H,26,29)/t22-/m0/s1. The topological polar surface area (TPSA) is 58.6 Å². The molecule has 0 spiro atoms. The Morgan fingerprint density at radius 2 is 1.60 bits per heavy atom. The van der Waals surface area contributed by atoms with E-state index in [0.717, 1.165) is 11.1 Å². The van der Waals surface area contributed by atoms with Gasteiger partial charge in [-0.3, -0.25) is 9.59 Å². The first-order valence-electron chi connectivity index (χ1n) is 10.7. The molecule has 30 heavy (non-hydrogen) atoms. The first kappa shape index (κ1) is 23.5. The third-order valence-corrected chi connectivity index (χ3v) is 4.90. The molecule has 0 saturated heterocycles. The van der Waals surface area contributed by atoms with Crippen molar-refractivity contribution < 1.29 is 14.3 Å². The predicted molar refractivity (Wildman–Crippen MR) is 120 cm³/mol. The molecule has 0 heterocycles. The Morgan fingerprint density at radius 3 is 2.20 bits per heavy atom. The summed E-state index contributed by atoms with van der Waals surface area (Å²) in [6, 6.07) is 16.9. The molecular weight excluding hydrogens is 376 g/mol. The van der Waals surface area contributed by atoms with Gasteiger partial charge in [0.2, 0.25) is 5.91 Å². The number of carbonyl (C=O) groups is 2. The van der Waals surface area contributed by atoms with Crippen molar-refractivity contribution in [3.05, 3.63) is 65.7 Å². The van der Waals surface area contributed by atoms with Gasteiger partial charge >= 0.3 is 0 Å². The number of hydrogen-bond acceptors (Lipinski definition) is 3. The summed E-state index contributed by atoms with van der Waals surface area (Å²) < 4.78 is 5.91. The van der Waals surface area contributed by atoms with Crippen LogP contribution in [0.4, 0.5) is 0 Å². The van der Waals surface area contributed by atoms with E-state index >= 15 is 0 Å². The fourth-order valence-corrected chi connectivity index (χ4v) is 3.39. The number of rotatable bonds is 10. The van der Waals surface area contributed by atoms with E-state index in [4.69, 9.17) is 4.74 Å². The third-order valence-electron chi connectivity index (χ3n) is 4.90. The van der Waals surface area contributed by atoms with E-state index in [0.29, 0.717) is 18.7 Å². The second-order valence-electron chi connectivity index (χ2n) is 8.08. The third kappa shape index (κ3) is 6.61. The number of para-hydroxylation sites is 1. The molecule has 0 aliphatic rings. The van der Waals surface area contributed by atoms with Crippen LogP contribution in [0.3, 0.4) is 0 Å². The van der Waals surface area contributed by atoms with Crippen LogP contribution in [0.2, 0.25) is 0 Å². The van der Waals surface area contributed by atoms with Crippen LogP contribution < -0.4 is 10.1 Å². The highest BCUT2D eigenvalue weighted by Crippen LogP contribution is 2.26. The summed E-state index contributed by atoms with van der Waals surface area (Å²) in [6.07, 6.45) is 0.527. The Balaban J connectivity index is 2.22. The Labute approximate surface area is 180 Å². The van der Waals surface area contributed by atoms with Crippen molar-refractivity contribution in [2.45, 2.75) is 65.6 Å². The van der Waals surface area contributed by atoms with Gasteiger partial charge in [-0.05, 0) is 43.4 Å². The maximum absolute atomic E-state index is 13.2. The van der Waals surface area contributed by atoms with E-state index in [2.05, 4.69) is 19.2 Å². The Hall–Kier alpha value is -2.82. The molecule has 1 N–H and O–H groups in total. The minimum atomic E-state index is -0.552. The zero-order chi connectivity index (χ0) is 22.1. The largest absolute Gasteiger partial charge is 0.483 e. The maximum Gasteiger partial charge on any atom is 0.261 e. The van der Waals surface area contributed by atoms with E-state index in [9.17, 15) is 9.59 Å². The zero-order valence-electron chi connectivity index (χ0n) is 18.7. The van der Waals surface area contributed by atoms with E-state index in [1.165, 1.54) is 0 Å². The number of nitrogens with zero attached hydrogens (tertiary/aromatic N) is 1. The zero-order valence-corrected chi connectivity index (χ0v) is 18.7. The van der Waals surface area contributed by atoms with Gasteiger partial charge in [-0.25, -0.2) is 0 Å². The van der Waals surface area contributed by atoms with Crippen molar-refractivity contribution in [2.75, 3.05) is 6.61 Å². The molecule has 0 unspecified atom stereocenters. The van der Waals surface area contributed by atoms with Crippen molar-refractivity contribution in [1.29, 1.82) is 0 Å². The molecule has 0 saturated carbocycles. The molecular formula is C25H34N2O3. The van der Waals surface area contributed by atoms with Gasteiger partial charge in [-0.15, -0.1) is 0 Å². The summed E-state index contributed by atoms with van der Waals surface area (Å²) in [7, 11) is 0. The van der Waals surface area contributed by atoms with E-state index in [1.807, 2.05) is 75.4 Å². The summed E-state index contributed by atoms with van der Waals surface area (Å²) in [4.78, 5) is 27.6. The minimum Gasteiger partial charge on any atom is -0.483 e. The van der Waals surface area contributed by atoms with Gasteiger partial charge in [0.05, 0.1) is 0 Å². The van der Waals surface area contributed by atoms with Gasteiger partial charge in [0.25, 0.3) is 5.91 Å². The Kier molecular flexibility index (Phi) is 8.90. The molecule has 0 bridgehead atoms. The maximum atomic E-state index is 13.2. The fourth-order valence-electron chi connectivity index (χ4n) is 3.39. The lowest BCUT2D eigenvalue weighted by Crippen LogP contribution is -2.51. The highest BCUT2D eigenvalue weighted by molar-refractivity contribution is 5.88. The molecule has 1 atom stereocenters. The normalized spacial score (nSPS) is 12.0. The smallest absolute Gasteiger partial charge is 0.261 e. The van der Waals surface area contributed by atoms with Crippen LogP contribution in [-0.2, 0) is 16.1 Å². The lowest BCUT2D eigenvalue weighted by atomic mass is 10.0. The van der Waals surface area contributed by atoms with Gasteiger partial charge in [-0.2, -0.15) is 0 Å². The van der Waals surface area contributed by atoms with Gasteiger partial charge in [0.1, 0.15) is 11.8 Å². The molecule has 2 aromatic rings. The van der Waals surface area contributed by atoms with Crippen molar-refractivity contribution in [3.63, 3.8) is 0 Å². The molecule has 0 aliphatic carbocycles. The second-order valence-corrected chi connectivity index (χ2v) is 8.08. The molecule has 0 aromatic heterocycles. The van der Waals surface area contributed by atoms with Gasteiger partial charge < -0.3 is 15.0 Å². The second kappa shape index (κ2) is 11.4. The van der Waals surface area contributed by atoms with Crippen LogP contribution in [0.15, 0.2) is 54.6 Å². The average molecular weight is 411 g/mol. The number of amides is 2. The molecule has 0 radical (unpaired) electrons. The summed E-state index contributed by atoms with van der Waals surface area (Å²) in [5.41, 5.74) is 2.04. The Morgan fingerprint density at radius 1 is 0.967 bits per heavy atom. The number of ether oxygens (including phenoxy) is 1. The van der Waals surface area contributed by atoms with Crippen molar-refractivity contribution in [2.24, 2.45) is 0 Å². The lowest BCUT2D eigenvalue weighted by molar-refractivity contribution is -0.143. The van der Waals surface area contributed by atoms with Crippen LogP contribution in [0.25, 0.3) is 0 Å². The first-order chi connectivity index (χ1) is 14.3.